The zero-order chi connectivity index (χ0) is 25.8. The molecule has 0 aliphatic carbocycles. The highest BCUT2D eigenvalue weighted by atomic mass is 15.0. The van der Waals surface area contributed by atoms with Crippen LogP contribution in [0.15, 0.2) is 134 Å². The molecule has 4 nitrogen and oxygen atoms in total. The predicted octanol–water partition coefficient (Wildman–Crippen LogP) is 8.61. The van der Waals surface area contributed by atoms with Crippen LogP contribution in [-0.4, -0.2) is 19.5 Å². The predicted molar refractivity (Wildman–Crippen MR) is 160 cm³/mol. The van der Waals surface area contributed by atoms with E-state index in [4.69, 9.17) is 9.97 Å². The van der Waals surface area contributed by atoms with Crippen LogP contribution in [0.1, 0.15) is 0 Å². The Morgan fingerprint density at radius 2 is 1.26 bits per heavy atom. The van der Waals surface area contributed by atoms with Gasteiger partial charge < -0.3 is 4.57 Å². The molecule has 0 saturated carbocycles. The Hall–Kier alpha value is -5.35. The van der Waals surface area contributed by atoms with E-state index in [1.807, 2.05) is 30.3 Å². The number of aromatic nitrogens is 4. The molecule has 0 spiro atoms. The van der Waals surface area contributed by atoms with Gasteiger partial charge in [0, 0.05) is 33.8 Å². The highest BCUT2D eigenvalue weighted by Crippen LogP contribution is 2.35. The minimum atomic E-state index is 0.689. The number of para-hydroxylation sites is 1. The van der Waals surface area contributed by atoms with E-state index in [0.717, 1.165) is 33.5 Å². The number of hydrogen-bond donors (Lipinski definition) is 0. The van der Waals surface area contributed by atoms with Crippen LogP contribution in [0.5, 0.6) is 0 Å². The monoisotopic (exact) mass is 498 g/mol. The lowest BCUT2D eigenvalue weighted by molar-refractivity contribution is 1.17. The van der Waals surface area contributed by atoms with Gasteiger partial charge in [-0.1, -0.05) is 72.8 Å². The van der Waals surface area contributed by atoms with Gasteiger partial charge in [0.25, 0.3) is 0 Å². The van der Waals surface area contributed by atoms with Crippen molar-refractivity contribution in [2.45, 2.75) is 0 Å². The molecule has 0 unspecified atom stereocenters. The molecule has 5 aromatic carbocycles. The van der Waals surface area contributed by atoms with Crippen molar-refractivity contribution in [3.8, 4) is 28.3 Å². The first kappa shape index (κ1) is 21.7. The second-order valence-corrected chi connectivity index (χ2v) is 9.75. The second kappa shape index (κ2) is 8.61. The molecule has 0 radical (unpaired) electrons. The fourth-order valence-electron chi connectivity index (χ4n) is 5.59. The first-order chi connectivity index (χ1) is 19.3. The van der Waals surface area contributed by atoms with Gasteiger partial charge in [0.05, 0.1) is 16.6 Å². The Balaban J connectivity index is 1.30. The van der Waals surface area contributed by atoms with Gasteiger partial charge in [0.15, 0.2) is 5.82 Å². The first-order valence-corrected chi connectivity index (χ1v) is 13.0. The summed E-state index contributed by atoms with van der Waals surface area (Å²) >= 11 is 0. The van der Waals surface area contributed by atoms with Crippen LogP contribution in [0.25, 0.3) is 71.9 Å². The van der Waals surface area contributed by atoms with Crippen molar-refractivity contribution in [2.24, 2.45) is 0 Å². The first-order valence-electron chi connectivity index (χ1n) is 13.0. The fraction of sp³-hybridized carbons (Fsp3) is 0. The molecule has 0 fully saturated rings. The van der Waals surface area contributed by atoms with E-state index in [2.05, 4.69) is 107 Å². The maximum atomic E-state index is 4.99. The molecule has 0 amide bonds. The van der Waals surface area contributed by atoms with Crippen LogP contribution in [0.4, 0.5) is 0 Å². The van der Waals surface area contributed by atoms with E-state index in [0.29, 0.717) is 5.82 Å². The van der Waals surface area contributed by atoms with Gasteiger partial charge in [-0.25, -0.2) is 9.97 Å². The summed E-state index contributed by atoms with van der Waals surface area (Å²) in [6.45, 7) is 0. The fourth-order valence-corrected chi connectivity index (χ4v) is 5.59. The largest absolute Gasteiger partial charge is 0.309 e. The Labute approximate surface area is 224 Å². The maximum Gasteiger partial charge on any atom is 0.160 e. The third-order valence-electron chi connectivity index (χ3n) is 7.43. The summed E-state index contributed by atoms with van der Waals surface area (Å²) < 4.78 is 2.35. The number of hydrogen-bond acceptors (Lipinski definition) is 3. The summed E-state index contributed by atoms with van der Waals surface area (Å²) in [5.41, 5.74) is 7.96. The molecule has 0 aliphatic rings. The summed E-state index contributed by atoms with van der Waals surface area (Å²) in [4.78, 5) is 14.5. The van der Waals surface area contributed by atoms with Crippen LogP contribution in [-0.2, 0) is 0 Å². The molecule has 8 aromatic rings. The van der Waals surface area contributed by atoms with Crippen LogP contribution in [0.2, 0.25) is 0 Å². The van der Waals surface area contributed by atoms with Gasteiger partial charge in [-0.05, 0) is 65.4 Å². The van der Waals surface area contributed by atoms with Crippen LogP contribution in [0.3, 0.4) is 0 Å². The van der Waals surface area contributed by atoms with Gasteiger partial charge in [-0.3, -0.25) is 4.98 Å². The second-order valence-electron chi connectivity index (χ2n) is 9.75. The Morgan fingerprint density at radius 1 is 0.513 bits per heavy atom. The number of benzene rings is 5. The lowest BCUT2D eigenvalue weighted by Crippen LogP contribution is -1.97. The Bertz CT molecular complexity index is 2160. The summed E-state index contributed by atoms with van der Waals surface area (Å²) in [5.74, 6) is 0.689. The molecule has 0 aliphatic heterocycles. The minimum absolute atomic E-state index is 0.689. The van der Waals surface area contributed by atoms with Crippen molar-refractivity contribution in [2.75, 3.05) is 0 Å². The molecule has 39 heavy (non-hydrogen) atoms. The zero-order valence-corrected chi connectivity index (χ0v) is 21.0. The van der Waals surface area contributed by atoms with Crippen molar-refractivity contribution in [1.82, 2.24) is 19.5 Å². The third-order valence-corrected chi connectivity index (χ3v) is 7.43. The number of fused-ring (bicyclic) bond motifs is 5. The summed E-state index contributed by atoms with van der Waals surface area (Å²) in [5, 5.41) is 4.99. The van der Waals surface area contributed by atoms with Gasteiger partial charge >= 0.3 is 0 Å². The molecule has 8 rings (SSSR count). The SMILES string of the molecule is c1ccc(-c2nc(-c3ccc(-n4c5ccccc5c5cc6ccccc6cc54)cc3)nc3cccnc23)cc1. The van der Waals surface area contributed by atoms with E-state index in [1.54, 1.807) is 6.20 Å². The average molecular weight is 499 g/mol. The molecular formula is C35H22N4. The van der Waals surface area contributed by atoms with Crippen molar-refractivity contribution < 1.29 is 0 Å². The minimum Gasteiger partial charge on any atom is -0.309 e. The summed E-state index contributed by atoms with van der Waals surface area (Å²) in [6, 6.07) is 44.4. The molecule has 0 atom stereocenters. The lowest BCUT2D eigenvalue weighted by Gasteiger charge is -2.11. The van der Waals surface area contributed by atoms with E-state index < -0.39 is 0 Å². The normalized spacial score (nSPS) is 11.6. The van der Waals surface area contributed by atoms with E-state index in [9.17, 15) is 0 Å². The maximum absolute atomic E-state index is 4.99. The molecule has 0 saturated heterocycles. The molecule has 182 valence electrons. The molecule has 0 bridgehead atoms. The highest BCUT2D eigenvalue weighted by Gasteiger charge is 2.15. The van der Waals surface area contributed by atoms with Gasteiger partial charge in [0.2, 0.25) is 0 Å². The van der Waals surface area contributed by atoms with Crippen LogP contribution >= 0.6 is 0 Å². The zero-order valence-electron chi connectivity index (χ0n) is 21.0. The lowest BCUT2D eigenvalue weighted by atomic mass is 10.1. The van der Waals surface area contributed by atoms with Crippen molar-refractivity contribution in [3.63, 3.8) is 0 Å². The summed E-state index contributed by atoms with van der Waals surface area (Å²) in [7, 11) is 0. The van der Waals surface area contributed by atoms with Crippen molar-refractivity contribution >= 4 is 43.6 Å². The van der Waals surface area contributed by atoms with Crippen molar-refractivity contribution in [3.05, 3.63) is 134 Å². The smallest absolute Gasteiger partial charge is 0.160 e. The Morgan fingerprint density at radius 3 is 2.10 bits per heavy atom. The topological polar surface area (TPSA) is 43.6 Å². The highest BCUT2D eigenvalue weighted by molar-refractivity contribution is 6.13. The standard InChI is InChI=1S/C35H22N4/c1-2-9-23(10-3-1)33-34-30(14-8-20-36-34)37-35(38-33)24-16-18-27(19-17-24)39-31-15-7-6-13-28(31)29-21-25-11-4-5-12-26(25)22-32(29)39/h1-22H. The Kier molecular flexibility index (Phi) is 4.79. The number of nitrogens with zero attached hydrogens (tertiary/aromatic N) is 4. The number of pyridine rings is 1. The molecule has 3 aromatic heterocycles. The van der Waals surface area contributed by atoms with Gasteiger partial charge in [-0.15, -0.1) is 0 Å². The van der Waals surface area contributed by atoms with Gasteiger partial charge in [-0.2, -0.15) is 0 Å². The van der Waals surface area contributed by atoms with Gasteiger partial charge in [0.1, 0.15) is 11.2 Å². The average Bonchev–Trinajstić information content (AvgIpc) is 3.33. The van der Waals surface area contributed by atoms with Crippen LogP contribution in [0, 0.1) is 0 Å². The third kappa shape index (κ3) is 3.50. The molecular weight excluding hydrogens is 476 g/mol. The molecule has 4 heteroatoms. The van der Waals surface area contributed by atoms with E-state index in [-0.39, 0.29) is 0 Å². The number of rotatable bonds is 3. The quantitative estimate of drug-likeness (QED) is 0.245. The van der Waals surface area contributed by atoms with Crippen LogP contribution < -0.4 is 0 Å². The molecule has 3 heterocycles. The van der Waals surface area contributed by atoms with E-state index in [1.165, 1.54) is 32.6 Å². The molecule has 0 N–H and O–H groups in total. The van der Waals surface area contributed by atoms with E-state index >= 15 is 0 Å². The summed E-state index contributed by atoms with van der Waals surface area (Å²) in [6.07, 6.45) is 1.79. The van der Waals surface area contributed by atoms with Crippen molar-refractivity contribution in [1.29, 1.82) is 0 Å².